The SMILES string of the molecule is CCc1nnc2n1N=C(c1ccc(Cl)cc1)C(Sc1ccccc1)S2. The third-order valence-corrected chi connectivity index (χ3v) is 6.48. The van der Waals surface area contributed by atoms with Gasteiger partial charge in [0.2, 0.25) is 5.16 Å². The average Bonchev–Trinajstić information content (AvgIpc) is 3.04. The minimum absolute atomic E-state index is 0.102. The van der Waals surface area contributed by atoms with Crippen LogP contribution in [-0.4, -0.2) is 25.2 Å². The highest BCUT2D eigenvalue weighted by atomic mass is 35.5. The minimum Gasteiger partial charge on any atom is -0.191 e. The number of hydrogen-bond acceptors (Lipinski definition) is 5. The van der Waals surface area contributed by atoms with Crippen LogP contribution in [0.3, 0.4) is 0 Å². The first-order valence-electron chi connectivity index (χ1n) is 7.92. The molecule has 1 aliphatic rings. The van der Waals surface area contributed by atoms with Gasteiger partial charge in [-0.1, -0.05) is 60.6 Å². The van der Waals surface area contributed by atoms with Gasteiger partial charge in [0.1, 0.15) is 4.58 Å². The van der Waals surface area contributed by atoms with Crippen LogP contribution in [0.5, 0.6) is 0 Å². The molecule has 4 rings (SSSR count). The van der Waals surface area contributed by atoms with Gasteiger partial charge in [-0.3, -0.25) is 0 Å². The minimum atomic E-state index is 0.102. The fourth-order valence-electron chi connectivity index (χ4n) is 2.51. The number of halogens is 1. The van der Waals surface area contributed by atoms with Crippen LogP contribution in [0.25, 0.3) is 0 Å². The van der Waals surface area contributed by atoms with Gasteiger partial charge in [-0.25, -0.2) is 0 Å². The fraction of sp³-hybridized carbons (Fsp3) is 0.167. The number of benzene rings is 2. The van der Waals surface area contributed by atoms with Crippen molar-refractivity contribution in [3.63, 3.8) is 0 Å². The van der Waals surface area contributed by atoms with Crippen LogP contribution < -0.4 is 0 Å². The molecule has 0 spiro atoms. The van der Waals surface area contributed by atoms with Crippen molar-refractivity contribution in [3.05, 3.63) is 71.0 Å². The van der Waals surface area contributed by atoms with Crippen LogP contribution in [0.15, 0.2) is 69.8 Å². The summed E-state index contributed by atoms with van der Waals surface area (Å²) < 4.78 is 1.96. The van der Waals surface area contributed by atoms with Crippen molar-refractivity contribution in [1.29, 1.82) is 0 Å². The van der Waals surface area contributed by atoms with Crippen molar-refractivity contribution < 1.29 is 0 Å². The zero-order valence-corrected chi connectivity index (χ0v) is 15.9. The molecular formula is C18H15ClN4S2. The van der Waals surface area contributed by atoms with E-state index in [0.29, 0.717) is 0 Å². The monoisotopic (exact) mass is 386 g/mol. The summed E-state index contributed by atoms with van der Waals surface area (Å²) in [5.74, 6) is 0.872. The van der Waals surface area contributed by atoms with Crippen molar-refractivity contribution in [2.75, 3.05) is 0 Å². The van der Waals surface area contributed by atoms with Gasteiger partial charge in [-0.2, -0.15) is 9.78 Å². The molecule has 0 saturated heterocycles. The largest absolute Gasteiger partial charge is 0.213 e. The van der Waals surface area contributed by atoms with Gasteiger partial charge >= 0.3 is 0 Å². The fourth-order valence-corrected chi connectivity index (χ4v) is 5.10. The molecule has 0 bridgehead atoms. The Morgan fingerprint density at radius 3 is 2.56 bits per heavy atom. The predicted molar refractivity (Wildman–Crippen MR) is 105 cm³/mol. The first-order valence-corrected chi connectivity index (χ1v) is 10.1. The summed E-state index contributed by atoms with van der Waals surface area (Å²) in [4.78, 5) is 1.20. The van der Waals surface area contributed by atoms with Gasteiger partial charge in [-0.05, 0) is 29.8 Å². The van der Waals surface area contributed by atoms with Crippen LogP contribution in [-0.2, 0) is 6.42 Å². The maximum atomic E-state index is 6.05. The van der Waals surface area contributed by atoms with Crippen LogP contribution in [0.1, 0.15) is 18.3 Å². The first-order chi connectivity index (χ1) is 12.2. The third kappa shape index (κ3) is 3.47. The molecule has 3 aromatic rings. The average molecular weight is 387 g/mol. The van der Waals surface area contributed by atoms with Crippen molar-refractivity contribution in [2.24, 2.45) is 5.10 Å². The number of fused-ring (bicyclic) bond motifs is 1. The van der Waals surface area contributed by atoms with E-state index in [1.165, 1.54) is 4.90 Å². The lowest BCUT2D eigenvalue weighted by atomic mass is 10.1. The van der Waals surface area contributed by atoms with E-state index in [1.54, 1.807) is 23.5 Å². The van der Waals surface area contributed by atoms with Crippen molar-refractivity contribution in [1.82, 2.24) is 14.9 Å². The van der Waals surface area contributed by atoms with Crippen LogP contribution in [0.4, 0.5) is 0 Å². The van der Waals surface area contributed by atoms with Crippen molar-refractivity contribution >= 4 is 40.8 Å². The quantitative estimate of drug-likeness (QED) is 0.634. The van der Waals surface area contributed by atoms with Gasteiger partial charge in [-0.15, -0.1) is 22.0 Å². The molecule has 2 heterocycles. The molecule has 1 unspecified atom stereocenters. The number of rotatable bonds is 4. The lowest BCUT2D eigenvalue weighted by Gasteiger charge is -2.22. The molecule has 1 atom stereocenters. The smallest absolute Gasteiger partial charge is 0.191 e. The molecule has 2 aromatic carbocycles. The third-order valence-electron chi connectivity index (χ3n) is 3.76. The predicted octanol–water partition coefficient (Wildman–Crippen LogP) is 4.97. The Morgan fingerprint density at radius 2 is 1.84 bits per heavy atom. The molecule has 0 aliphatic carbocycles. The molecule has 0 radical (unpaired) electrons. The van der Waals surface area contributed by atoms with Crippen LogP contribution in [0.2, 0.25) is 5.02 Å². The lowest BCUT2D eigenvalue weighted by Crippen LogP contribution is -2.22. The Hall–Kier alpha value is -1.76. The molecule has 126 valence electrons. The topological polar surface area (TPSA) is 43.1 Å². The summed E-state index contributed by atoms with van der Waals surface area (Å²) in [6, 6.07) is 18.2. The summed E-state index contributed by atoms with van der Waals surface area (Å²) in [6.45, 7) is 2.06. The summed E-state index contributed by atoms with van der Waals surface area (Å²) in [5.41, 5.74) is 2.06. The lowest BCUT2D eigenvalue weighted by molar-refractivity contribution is 0.712. The van der Waals surface area contributed by atoms with Crippen molar-refractivity contribution in [2.45, 2.75) is 28.0 Å². The molecule has 1 aliphatic heterocycles. The molecular weight excluding hydrogens is 372 g/mol. The van der Waals surface area contributed by atoms with E-state index in [4.69, 9.17) is 16.7 Å². The van der Waals surface area contributed by atoms with E-state index in [-0.39, 0.29) is 4.58 Å². The summed E-state index contributed by atoms with van der Waals surface area (Å²) in [5, 5.41) is 15.0. The van der Waals surface area contributed by atoms with Gasteiger partial charge in [0.05, 0.1) is 5.71 Å². The highest BCUT2D eigenvalue weighted by Gasteiger charge is 2.29. The Labute approximate surface area is 159 Å². The normalized spacial score (nSPS) is 16.4. The second kappa shape index (κ2) is 7.23. The first kappa shape index (κ1) is 16.7. The number of hydrogen-bond donors (Lipinski definition) is 0. The number of thioether (sulfide) groups is 2. The van der Waals surface area contributed by atoms with E-state index in [2.05, 4.69) is 29.3 Å². The van der Waals surface area contributed by atoms with E-state index in [1.807, 2.05) is 47.1 Å². The molecule has 0 fully saturated rings. The Morgan fingerprint density at radius 1 is 1.08 bits per heavy atom. The van der Waals surface area contributed by atoms with Gasteiger partial charge in [0.15, 0.2) is 5.82 Å². The van der Waals surface area contributed by atoms with Gasteiger partial charge in [0, 0.05) is 16.3 Å². The Kier molecular flexibility index (Phi) is 4.83. The zero-order chi connectivity index (χ0) is 17.2. The maximum Gasteiger partial charge on any atom is 0.213 e. The number of nitrogens with zero attached hydrogens (tertiary/aromatic N) is 4. The Balaban J connectivity index is 1.76. The highest BCUT2D eigenvalue weighted by Crippen LogP contribution is 2.40. The van der Waals surface area contributed by atoms with E-state index < -0.39 is 0 Å². The zero-order valence-electron chi connectivity index (χ0n) is 13.5. The van der Waals surface area contributed by atoms with Crippen LogP contribution >= 0.6 is 35.1 Å². The standard InChI is InChI=1S/C18H15ClN4S2/c1-2-15-20-21-18-23(15)22-16(12-8-10-13(19)11-9-12)17(25-18)24-14-6-4-3-5-7-14/h3-11,17H,2H2,1H3. The maximum absolute atomic E-state index is 6.05. The molecule has 0 N–H and O–H groups in total. The van der Waals surface area contributed by atoms with Crippen LogP contribution in [0, 0.1) is 0 Å². The molecule has 4 nitrogen and oxygen atoms in total. The van der Waals surface area contributed by atoms with Gasteiger partial charge < -0.3 is 0 Å². The van der Waals surface area contributed by atoms with Crippen molar-refractivity contribution in [3.8, 4) is 0 Å². The molecule has 0 amide bonds. The molecule has 25 heavy (non-hydrogen) atoms. The summed E-state index contributed by atoms with van der Waals surface area (Å²) in [7, 11) is 0. The second-order valence-electron chi connectivity index (χ2n) is 5.44. The summed E-state index contributed by atoms with van der Waals surface area (Å²) in [6.07, 6.45) is 0.793. The molecule has 0 saturated carbocycles. The highest BCUT2D eigenvalue weighted by molar-refractivity contribution is 8.18. The van der Waals surface area contributed by atoms with E-state index in [0.717, 1.165) is 33.7 Å². The van der Waals surface area contributed by atoms with E-state index in [9.17, 15) is 0 Å². The number of aryl methyl sites for hydroxylation is 1. The summed E-state index contributed by atoms with van der Waals surface area (Å²) >= 11 is 9.51. The number of aromatic nitrogens is 3. The Bertz CT molecular complexity index is 907. The van der Waals surface area contributed by atoms with Gasteiger partial charge in [0.25, 0.3) is 0 Å². The molecule has 1 aromatic heterocycles. The second-order valence-corrected chi connectivity index (χ2v) is 8.42. The van der Waals surface area contributed by atoms with E-state index >= 15 is 0 Å². The molecule has 7 heteroatoms.